The van der Waals surface area contributed by atoms with Crippen molar-refractivity contribution >= 4 is 23.5 Å². The Morgan fingerprint density at radius 2 is 2.04 bits per heavy atom. The minimum atomic E-state index is -0.256. The number of hydrogen-bond donors (Lipinski definition) is 2. The molecule has 0 aliphatic rings. The summed E-state index contributed by atoms with van der Waals surface area (Å²) in [5.74, 6) is 0.586. The van der Waals surface area contributed by atoms with Gasteiger partial charge in [0.1, 0.15) is 16.9 Å². The van der Waals surface area contributed by atoms with E-state index < -0.39 is 0 Å². The van der Waals surface area contributed by atoms with Gasteiger partial charge in [0.15, 0.2) is 0 Å². The first kappa shape index (κ1) is 19.5. The van der Waals surface area contributed by atoms with Crippen molar-refractivity contribution in [1.29, 1.82) is 5.26 Å². The smallest absolute Gasteiger partial charge is 0.273 e. The van der Waals surface area contributed by atoms with Crippen molar-refractivity contribution in [3.05, 3.63) is 69.6 Å². The predicted molar refractivity (Wildman–Crippen MR) is 109 cm³/mol. The first-order valence-corrected chi connectivity index (χ1v) is 9.65. The lowest BCUT2D eigenvalue weighted by molar-refractivity contribution is -0.115. The number of anilines is 1. The third-order valence-corrected chi connectivity index (χ3v) is 4.98. The van der Waals surface area contributed by atoms with Crippen LogP contribution < -0.4 is 10.9 Å². The van der Waals surface area contributed by atoms with E-state index in [1.54, 1.807) is 12.1 Å². The Labute approximate surface area is 166 Å². The quantitative estimate of drug-likeness (QED) is 0.626. The highest BCUT2D eigenvalue weighted by Crippen LogP contribution is 2.24. The van der Waals surface area contributed by atoms with Crippen LogP contribution in [0.4, 0.5) is 5.82 Å². The fourth-order valence-electron chi connectivity index (χ4n) is 2.72. The van der Waals surface area contributed by atoms with Crippen LogP contribution >= 0.6 is 11.8 Å². The zero-order valence-electron chi connectivity index (χ0n) is 15.5. The molecule has 28 heavy (non-hydrogen) atoms. The third-order valence-electron chi connectivity index (χ3n) is 4.00. The first-order chi connectivity index (χ1) is 13.5. The summed E-state index contributed by atoms with van der Waals surface area (Å²) in [4.78, 5) is 28.7. The molecule has 0 fully saturated rings. The van der Waals surface area contributed by atoms with E-state index in [2.05, 4.69) is 21.5 Å². The number of nitriles is 1. The monoisotopic (exact) mass is 393 g/mol. The molecule has 0 unspecified atom stereocenters. The number of thioether (sulfide) groups is 1. The average Bonchev–Trinajstić information content (AvgIpc) is 3.02. The lowest BCUT2D eigenvalue weighted by atomic mass is 10.1. The molecule has 0 saturated heterocycles. The predicted octanol–water partition coefficient (Wildman–Crippen LogP) is 3.17. The van der Waals surface area contributed by atoms with Gasteiger partial charge >= 0.3 is 0 Å². The summed E-state index contributed by atoms with van der Waals surface area (Å²) in [6.07, 6.45) is 0.225. The molecule has 2 aromatic heterocycles. The third kappa shape index (κ3) is 4.50. The Morgan fingerprint density at radius 3 is 2.75 bits per heavy atom. The number of nitrogens with zero attached hydrogens (tertiary/aromatic N) is 3. The van der Waals surface area contributed by atoms with Crippen molar-refractivity contribution in [2.24, 2.45) is 0 Å². The van der Waals surface area contributed by atoms with Gasteiger partial charge in [0.05, 0.1) is 11.3 Å². The summed E-state index contributed by atoms with van der Waals surface area (Å²) in [6.45, 7) is 3.75. The zero-order valence-corrected chi connectivity index (χ0v) is 16.3. The maximum atomic E-state index is 12.2. The fourth-order valence-corrected chi connectivity index (χ4v) is 3.77. The maximum absolute atomic E-state index is 12.2. The van der Waals surface area contributed by atoms with E-state index in [0.29, 0.717) is 27.8 Å². The molecule has 3 rings (SSSR count). The number of hydrogen-bond acceptors (Lipinski definition) is 5. The lowest BCUT2D eigenvalue weighted by Crippen LogP contribution is -2.14. The van der Waals surface area contributed by atoms with Crippen molar-refractivity contribution in [2.75, 3.05) is 11.1 Å². The van der Waals surface area contributed by atoms with Crippen molar-refractivity contribution in [2.45, 2.75) is 25.3 Å². The van der Waals surface area contributed by atoms with E-state index in [-0.39, 0.29) is 17.9 Å². The van der Waals surface area contributed by atoms with Crippen molar-refractivity contribution in [3.63, 3.8) is 0 Å². The van der Waals surface area contributed by atoms with E-state index in [4.69, 9.17) is 0 Å². The number of aromatic amines is 1. The lowest BCUT2D eigenvalue weighted by Gasteiger charge is -2.07. The number of carbonyl (C=O) groups is 1. The number of para-hydroxylation sites is 1. The number of aryl methyl sites for hydroxylation is 2. The summed E-state index contributed by atoms with van der Waals surface area (Å²) in [5.41, 5.74) is 2.69. The topological polar surface area (TPSA) is 104 Å². The summed E-state index contributed by atoms with van der Waals surface area (Å²) >= 11 is 1.37. The highest BCUT2D eigenvalue weighted by molar-refractivity contribution is 7.99. The van der Waals surface area contributed by atoms with Crippen LogP contribution in [0, 0.1) is 25.2 Å². The maximum Gasteiger partial charge on any atom is 0.273 e. The highest BCUT2D eigenvalue weighted by Gasteiger charge is 2.12. The molecule has 0 radical (unpaired) electrons. The summed E-state index contributed by atoms with van der Waals surface area (Å²) in [6, 6.07) is 14.5. The zero-order chi connectivity index (χ0) is 20.1. The second-order valence-electron chi connectivity index (χ2n) is 6.20. The minimum Gasteiger partial charge on any atom is -0.311 e. The number of rotatable bonds is 6. The molecular formula is C20H19N5O2S. The van der Waals surface area contributed by atoms with E-state index in [0.717, 1.165) is 11.3 Å². The van der Waals surface area contributed by atoms with Crippen molar-refractivity contribution in [1.82, 2.24) is 14.8 Å². The van der Waals surface area contributed by atoms with Crippen LogP contribution in [0.2, 0.25) is 0 Å². The van der Waals surface area contributed by atoms with Crippen LogP contribution in [0.25, 0.3) is 5.69 Å². The first-order valence-electron chi connectivity index (χ1n) is 8.66. The molecule has 0 aliphatic heterocycles. The SMILES string of the molecule is Cc1cc(C)c(C#N)c(SCCC(=O)Nc2cc(=O)n(-c3ccccc3)[nH]2)n1. The number of pyridine rings is 1. The molecule has 0 saturated carbocycles. The molecule has 3 aromatic rings. The molecule has 2 N–H and O–H groups in total. The van der Waals surface area contributed by atoms with Crippen LogP contribution in [0.1, 0.15) is 23.2 Å². The number of carbonyl (C=O) groups excluding carboxylic acids is 1. The van der Waals surface area contributed by atoms with Gasteiger partial charge in [-0.2, -0.15) is 5.26 Å². The molecule has 7 nitrogen and oxygen atoms in total. The number of benzene rings is 1. The largest absolute Gasteiger partial charge is 0.311 e. The van der Waals surface area contributed by atoms with E-state index >= 15 is 0 Å². The summed E-state index contributed by atoms with van der Waals surface area (Å²) < 4.78 is 1.36. The van der Waals surface area contributed by atoms with Crippen LogP contribution in [0.3, 0.4) is 0 Å². The number of aromatic nitrogens is 3. The van der Waals surface area contributed by atoms with Crippen LogP contribution in [-0.4, -0.2) is 26.4 Å². The molecule has 0 atom stereocenters. The Kier molecular flexibility index (Phi) is 5.96. The van der Waals surface area contributed by atoms with Gasteiger partial charge in [0.2, 0.25) is 5.91 Å². The van der Waals surface area contributed by atoms with Gasteiger partial charge in [-0.15, -0.1) is 11.8 Å². The minimum absolute atomic E-state index is 0.225. The molecule has 8 heteroatoms. The summed E-state index contributed by atoms with van der Waals surface area (Å²) in [7, 11) is 0. The van der Waals surface area contributed by atoms with Gasteiger partial charge in [-0.05, 0) is 37.6 Å². The van der Waals surface area contributed by atoms with E-state index in [1.807, 2.05) is 38.1 Å². The van der Waals surface area contributed by atoms with Crippen LogP contribution in [-0.2, 0) is 4.79 Å². The molecule has 0 spiro atoms. The molecular weight excluding hydrogens is 374 g/mol. The second-order valence-corrected chi connectivity index (χ2v) is 7.28. The van der Waals surface area contributed by atoms with Gasteiger partial charge in [-0.25, -0.2) is 9.67 Å². The normalized spacial score (nSPS) is 10.5. The molecule has 0 aliphatic carbocycles. The van der Waals surface area contributed by atoms with Crippen molar-refractivity contribution < 1.29 is 4.79 Å². The molecule has 142 valence electrons. The van der Waals surface area contributed by atoms with Gasteiger partial charge in [-0.1, -0.05) is 18.2 Å². The Bertz CT molecular complexity index is 1100. The average molecular weight is 393 g/mol. The number of nitrogens with one attached hydrogen (secondary N) is 2. The van der Waals surface area contributed by atoms with Gasteiger partial charge in [0, 0.05) is 23.9 Å². The van der Waals surface area contributed by atoms with E-state index in [9.17, 15) is 14.9 Å². The highest BCUT2D eigenvalue weighted by atomic mass is 32.2. The van der Waals surface area contributed by atoms with E-state index in [1.165, 1.54) is 22.5 Å². The Morgan fingerprint density at radius 1 is 1.29 bits per heavy atom. The van der Waals surface area contributed by atoms with Crippen molar-refractivity contribution in [3.8, 4) is 11.8 Å². The van der Waals surface area contributed by atoms with Crippen LogP contribution in [0.5, 0.6) is 0 Å². The fraction of sp³-hybridized carbons (Fsp3) is 0.200. The standard InChI is InChI=1S/C20H19N5O2S/c1-13-10-14(2)22-20(16(13)12-21)28-9-8-18(26)23-17-11-19(27)25(24-17)15-6-4-3-5-7-15/h3-7,10-11,24H,8-9H2,1-2H3,(H,23,26). The van der Waals surface area contributed by atoms with Crippen LogP contribution in [0.15, 0.2) is 52.3 Å². The molecule has 0 bridgehead atoms. The van der Waals surface area contributed by atoms with Gasteiger partial charge in [-0.3, -0.25) is 14.7 Å². The summed E-state index contributed by atoms with van der Waals surface area (Å²) in [5, 5.41) is 15.5. The molecule has 1 aromatic carbocycles. The molecule has 2 heterocycles. The Balaban J connectivity index is 1.60. The van der Waals surface area contributed by atoms with Gasteiger partial charge in [0.25, 0.3) is 5.56 Å². The Hall–Kier alpha value is -3.31. The second kappa shape index (κ2) is 8.59. The van der Waals surface area contributed by atoms with Gasteiger partial charge < -0.3 is 5.32 Å². The molecule has 1 amide bonds. The number of amides is 1. The number of H-pyrrole nitrogens is 1.